The number of piperidine rings is 2. The number of imidazole rings is 1. The molecular formula is C29H33FN8O. The molecule has 6 rings (SSSR count). The van der Waals surface area contributed by atoms with E-state index >= 15 is 4.39 Å². The summed E-state index contributed by atoms with van der Waals surface area (Å²) in [5.41, 5.74) is 8.71. The quantitative estimate of drug-likeness (QED) is 0.378. The molecule has 2 aliphatic heterocycles. The maximum Gasteiger partial charge on any atom is 0.210 e. The number of nitrogens with zero attached hydrogens (tertiary/aromatic N) is 7. The van der Waals surface area contributed by atoms with Gasteiger partial charge in [0.25, 0.3) is 0 Å². The molecule has 10 heteroatoms. The normalized spacial score (nSPS) is 21.7. The van der Waals surface area contributed by atoms with Gasteiger partial charge in [-0.1, -0.05) is 6.07 Å². The fraction of sp³-hybridized carbons (Fsp3) is 0.414. The van der Waals surface area contributed by atoms with Crippen molar-refractivity contribution in [3.8, 4) is 11.5 Å². The number of halogens is 1. The molecule has 0 aliphatic carbocycles. The minimum absolute atomic E-state index is 0.0588. The van der Waals surface area contributed by atoms with Crippen molar-refractivity contribution in [3.05, 3.63) is 66.1 Å². The lowest BCUT2D eigenvalue weighted by molar-refractivity contribution is -0.129. The number of pyridine rings is 3. The van der Waals surface area contributed by atoms with Crippen LogP contribution in [0.15, 0.2) is 54.9 Å². The summed E-state index contributed by atoms with van der Waals surface area (Å²) in [4.78, 5) is 34.3. The number of fused-ring (bicyclic) bond motifs is 1. The number of amides is 1. The number of rotatable bonds is 6. The monoisotopic (exact) mass is 528 g/mol. The van der Waals surface area contributed by atoms with Gasteiger partial charge in [-0.3, -0.25) is 14.7 Å². The van der Waals surface area contributed by atoms with E-state index in [1.54, 1.807) is 17.3 Å². The molecule has 2 N–H and O–H groups in total. The average molecular weight is 529 g/mol. The number of nitrogens with two attached hydrogens (primary N) is 1. The van der Waals surface area contributed by atoms with E-state index in [-0.39, 0.29) is 6.04 Å². The van der Waals surface area contributed by atoms with Crippen LogP contribution >= 0.6 is 0 Å². The zero-order chi connectivity index (χ0) is 27.0. The van der Waals surface area contributed by atoms with Gasteiger partial charge in [-0.25, -0.2) is 19.3 Å². The average Bonchev–Trinajstić information content (AvgIpc) is 3.34. The van der Waals surface area contributed by atoms with Crippen LogP contribution in [-0.2, 0) is 11.3 Å². The standard InChI is InChI=1S/C29H33FN8O/c1-20-15-21(16-26(31)34-20)18-36-13-8-29(30,9-14-36)25-17-22(7-12-37(25)19-39)38-27-24(6-4-11-33-27)35-28(38)23-5-2-3-10-32-23/h2-6,10-11,15-16,19,22,25H,7-9,12-14,17-18H2,1H3,(H2,31,34). The molecule has 0 radical (unpaired) electrons. The summed E-state index contributed by atoms with van der Waals surface area (Å²) in [7, 11) is 0. The second-order valence-corrected chi connectivity index (χ2v) is 10.8. The molecule has 0 spiro atoms. The first-order chi connectivity index (χ1) is 18.9. The summed E-state index contributed by atoms with van der Waals surface area (Å²) in [6.07, 6.45) is 6.25. The van der Waals surface area contributed by atoms with E-state index in [1.165, 1.54) is 0 Å². The molecule has 6 heterocycles. The highest BCUT2D eigenvalue weighted by molar-refractivity contribution is 5.76. The highest BCUT2D eigenvalue weighted by Crippen LogP contribution is 2.42. The molecule has 0 saturated carbocycles. The minimum atomic E-state index is -1.47. The molecule has 2 atom stereocenters. The number of aromatic nitrogens is 5. The number of hydrogen-bond donors (Lipinski definition) is 1. The van der Waals surface area contributed by atoms with E-state index in [1.807, 2.05) is 49.4 Å². The predicted octanol–water partition coefficient (Wildman–Crippen LogP) is 3.95. The summed E-state index contributed by atoms with van der Waals surface area (Å²) in [5, 5.41) is 0. The lowest BCUT2D eigenvalue weighted by Crippen LogP contribution is -2.57. The molecule has 202 valence electrons. The van der Waals surface area contributed by atoms with Crippen molar-refractivity contribution < 1.29 is 9.18 Å². The zero-order valence-electron chi connectivity index (χ0n) is 22.1. The third-order valence-corrected chi connectivity index (χ3v) is 8.18. The van der Waals surface area contributed by atoms with Crippen molar-refractivity contribution in [2.45, 2.75) is 56.9 Å². The molecule has 1 amide bonds. The first-order valence-electron chi connectivity index (χ1n) is 13.5. The summed E-state index contributed by atoms with van der Waals surface area (Å²) in [5.74, 6) is 1.23. The Bertz CT molecular complexity index is 1450. The van der Waals surface area contributed by atoms with Gasteiger partial charge in [0.1, 0.15) is 22.7 Å². The zero-order valence-corrected chi connectivity index (χ0v) is 22.1. The summed E-state index contributed by atoms with van der Waals surface area (Å²) < 4.78 is 18.9. The number of alkyl halides is 1. The second-order valence-electron chi connectivity index (χ2n) is 10.8. The summed E-state index contributed by atoms with van der Waals surface area (Å²) in [6, 6.07) is 12.9. The number of aryl methyl sites for hydroxylation is 1. The SMILES string of the molecule is Cc1cc(CN2CCC(F)(C3CC(n4c(-c5ccccn5)nc5cccnc54)CCN3C=O)CC2)cc(N)n1. The Morgan fingerprint density at radius 1 is 1.08 bits per heavy atom. The van der Waals surface area contributed by atoms with Crippen molar-refractivity contribution >= 4 is 23.4 Å². The van der Waals surface area contributed by atoms with E-state index in [4.69, 9.17) is 10.7 Å². The van der Waals surface area contributed by atoms with Crippen molar-refractivity contribution in [1.82, 2.24) is 34.3 Å². The number of carbonyl (C=O) groups excluding carboxylic acids is 1. The summed E-state index contributed by atoms with van der Waals surface area (Å²) >= 11 is 0. The number of carbonyl (C=O) groups is 1. The molecule has 4 aromatic heterocycles. The van der Waals surface area contributed by atoms with Crippen molar-refractivity contribution in [1.29, 1.82) is 0 Å². The number of nitrogen functional groups attached to an aromatic ring is 1. The van der Waals surface area contributed by atoms with Crippen LogP contribution in [0.3, 0.4) is 0 Å². The van der Waals surface area contributed by atoms with Crippen LogP contribution in [-0.4, -0.2) is 72.1 Å². The summed E-state index contributed by atoms with van der Waals surface area (Å²) in [6.45, 7) is 4.33. The van der Waals surface area contributed by atoms with Gasteiger partial charge in [0.15, 0.2) is 11.5 Å². The van der Waals surface area contributed by atoms with Crippen LogP contribution < -0.4 is 5.73 Å². The Kier molecular flexibility index (Phi) is 6.72. The Hall–Kier alpha value is -3.92. The van der Waals surface area contributed by atoms with E-state index in [0.717, 1.165) is 40.3 Å². The van der Waals surface area contributed by atoms with Crippen LogP contribution in [0.2, 0.25) is 0 Å². The predicted molar refractivity (Wildman–Crippen MR) is 147 cm³/mol. The van der Waals surface area contributed by atoms with Crippen LogP contribution in [0.4, 0.5) is 10.2 Å². The Labute approximate surface area is 226 Å². The number of likely N-dealkylation sites (tertiary alicyclic amines) is 2. The van der Waals surface area contributed by atoms with Crippen LogP contribution in [0, 0.1) is 6.92 Å². The highest BCUT2D eigenvalue weighted by atomic mass is 19.1. The maximum absolute atomic E-state index is 16.8. The van der Waals surface area contributed by atoms with Gasteiger partial charge in [-0.2, -0.15) is 0 Å². The van der Waals surface area contributed by atoms with Crippen LogP contribution in [0.25, 0.3) is 22.7 Å². The first-order valence-corrected chi connectivity index (χ1v) is 13.5. The number of anilines is 1. The van der Waals surface area contributed by atoms with Crippen molar-refractivity contribution in [2.24, 2.45) is 0 Å². The molecule has 9 nitrogen and oxygen atoms in total. The Morgan fingerprint density at radius 3 is 2.64 bits per heavy atom. The van der Waals surface area contributed by atoms with Crippen LogP contribution in [0.1, 0.15) is 43.0 Å². The van der Waals surface area contributed by atoms with Crippen LogP contribution in [0.5, 0.6) is 0 Å². The van der Waals surface area contributed by atoms with E-state index in [2.05, 4.69) is 24.4 Å². The molecule has 4 aromatic rings. The van der Waals surface area contributed by atoms with Gasteiger partial charge in [-0.15, -0.1) is 0 Å². The third-order valence-electron chi connectivity index (χ3n) is 8.18. The fourth-order valence-corrected chi connectivity index (χ4v) is 6.32. The number of hydrogen-bond acceptors (Lipinski definition) is 7. The molecule has 2 unspecified atom stereocenters. The molecule has 2 aliphatic rings. The maximum atomic E-state index is 16.8. The molecule has 0 aromatic carbocycles. The topological polar surface area (TPSA) is 106 Å². The molecular weight excluding hydrogens is 495 g/mol. The molecule has 0 bridgehead atoms. The smallest absolute Gasteiger partial charge is 0.210 e. The van der Waals surface area contributed by atoms with Gasteiger partial charge in [0.2, 0.25) is 6.41 Å². The molecule has 2 fully saturated rings. The Balaban J connectivity index is 1.25. The van der Waals surface area contributed by atoms with Gasteiger partial charge in [0.05, 0.1) is 6.04 Å². The van der Waals surface area contributed by atoms with Gasteiger partial charge >= 0.3 is 0 Å². The second kappa shape index (κ2) is 10.3. The lowest BCUT2D eigenvalue weighted by Gasteiger charge is -2.48. The molecule has 2 saturated heterocycles. The first kappa shape index (κ1) is 25.4. The Morgan fingerprint density at radius 2 is 1.90 bits per heavy atom. The lowest BCUT2D eigenvalue weighted by atomic mass is 9.79. The van der Waals surface area contributed by atoms with Gasteiger partial charge in [0, 0.05) is 50.3 Å². The van der Waals surface area contributed by atoms with E-state index in [0.29, 0.717) is 57.7 Å². The molecule has 39 heavy (non-hydrogen) atoms. The van der Waals surface area contributed by atoms with Crippen molar-refractivity contribution in [3.63, 3.8) is 0 Å². The highest BCUT2D eigenvalue weighted by Gasteiger charge is 2.47. The van der Waals surface area contributed by atoms with E-state index < -0.39 is 11.7 Å². The largest absolute Gasteiger partial charge is 0.384 e. The minimum Gasteiger partial charge on any atom is -0.384 e. The van der Waals surface area contributed by atoms with Gasteiger partial charge < -0.3 is 15.2 Å². The van der Waals surface area contributed by atoms with Crippen molar-refractivity contribution in [2.75, 3.05) is 25.4 Å². The third kappa shape index (κ3) is 4.96. The fourth-order valence-electron chi connectivity index (χ4n) is 6.32. The van der Waals surface area contributed by atoms with Gasteiger partial charge in [-0.05, 0) is 74.6 Å². The van der Waals surface area contributed by atoms with E-state index in [9.17, 15) is 4.79 Å².